The predicted octanol–water partition coefficient (Wildman–Crippen LogP) is 2.07. The number of carbonyl (C=O) groups is 1. The van der Waals surface area contributed by atoms with Crippen LogP contribution in [0.15, 0.2) is 11.6 Å². The number of allylic oxidation sites excluding steroid dienone is 1. The molecule has 0 aromatic rings. The van der Waals surface area contributed by atoms with E-state index in [1.807, 2.05) is 13.8 Å². The minimum absolute atomic E-state index is 0.0230. The van der Waals surface area contributed by atoms with Crippen LogP contribution in [0.2, 0.25) is 0 Å². The second-order valence-electron chi connectivity index (χ2n) is 22.3. The molecule has 4 saturated heterocycles. The Morgan fingerprint density at radius 3 is 2.10 bits per heavy atom. The molecule has 8 N–H and O–H groups in total. The summed E-state index contributed by atoms with van der Waals surface area (Å²) in [4.78, 5) is 13.4. The quantitative estimate of drug-likeness (QED) is 0.0939. The number of carbonyl (C=O) groups excluding carboxylic acids is 1. The molecule has 4 aliphatic carbocycles. The topological polar surface area (TPSA) is 244 Å². The molecule has 4 aliphatic heterocycles. The van der Waals surface area contributed by atoms with Gasteiger partial charge in [0.05, 0.1) is 31.3 Å². The van der Waals surface area contributed by atoms with Crippen molar-refractivity contribution in [3.8, 4) is 0 Å². The van der Waals surface area contributed by atoms with Crippen molar-refractivity contribution in [2.24, 2.45) is 51.2 Å². The standard InChI is InChI=1S/C47H76O16/c1-21(2)17-23-18-25(40(56)59-23)24-11-15-46(7)26(24)9-10-30-45(6)14-13-31(44(4,5)29(45)12-16-47(30,46)8)61-43-39(63-42-36(54)34(52)32(50)22(3)58-42)37(55)38(28(19-48)60-43)62-41-35(53)33(51)27(49)20-57-41/h17,22-39,41-43,48-55H,9-16,18-20H2,1-8H3/t22-,23+,24+,25+,26+,27+,28+,29-,30+,31-,32-,33-,34+,35+,36+,37-,38-,39+,41-,42-,43-,45-,46+,47+/m0/s1. The lowest BCUT2D eigenvalue weighted by Crippen LogP contribution is -2.67. The normalized spacial score (nSPS) is 54.4. The molecule has 16 heteroatoms. The Hall–Kier alpha value is -1.35. The lowest BCUT2D eigenvalue weighted by Gasteiger charge is -2.70. The van der Waals surface area contributed by atoms with Gasteiger partial charge in [0.1, 0.15) is 67.1 Å². The molecule has 24 atom stereocenters. The van der Waals surface area contributed by atoms with Crippen molar-refractivity contribution < 1.29 is 78.8 Å². The van der Waals surface area contributed by atoms with E-state index in [4.69, 9.17) is 33.2 Å². The van der Waals surface area contributed by atoms with Crippen LogP contribution in [0.4, 0.5) is 0 Å². The summed E-state index contributed by atoms with van der Waals surface area (Å²) in [6.07, 6.45) is -10.4. The fourth-order valence-corrected chi connectivity index (χ4v) is 14.9. The first kappa shape index (κ1) is 48.1. The van der Waals surface area contributed by atoms with E-state index in [1.165, 1.54) is 6.92 Å². The van der Waals surface area contributed by atoms with Crippen molar-refractivity contribution in [3.63, 3.8) is 0 Å². The second-order valence-corrected chi connectivity index (χ2v) is 22.3. The summed E-state index contributed by atoms with van der Waals surface area (Å²) in [6, 6.07) is 0. The molecule has 63 heavy (non-hydrogen) atoms. The van der Waals surface area contributed by atoms with Crippen LogP contribution in [0.3, 0.4) is 0 Å². The number of hydrogen-bond donors (Lipinski definition) is 8. The van der Waals surface area contributed by atoms with Crippen LogP contribution in [0.5, 0.6) is 0 Å². The van der Waals surface area contributed by atoms with Crippen molar-refractivity contribution in [1.29, 1.82) is 0 Å². The van der Waals surface area contributed by atoms with Crippen LogP contribution >= 0.6 is 0 Å². The molecule has 0 unspecified atom stereocenters. The molecule has 0 aromatic carbocycles. The molecular formula is C47H76O16. The van der Waals surface area contributed by atoms with Crippen molar-refractivity contribution in [1.82, 2.24) is 0 Å². The van der Waals surface area contributed by atoms with Crippen LogP contribution in [-0.4, -0.2) is 158 Å². The molecule has 4 heterocycles. The maximum absolute atomic E-state index is 13.4. The van der Waals surface area contributed by atoms with Crippen LogP contribution in [0.25, 0.3) is 0 Å². The first-order chi connectivity index (χ1) is 29.6. The highest BCUT2D eigenvalue weighted by Gasteiger charge is 2.70. The monoisotopic (exact) mass is 897 g/mol. The number of esters is 1. The summed E-state index contributed by atoms with van der Waals surface area (Å²) < 4.78 is 42.7. The number of ether oxygens (including phenoxy) is 7. The number of aliphatic hydroxyl groups excluding tert-OH is 8. The largest absolute Gasteiger partial charge is 0.458 e. The van der Waals surface area contributed by atoms with Gasteiger partial charge in [0, 0.05) is 6.42 Å². The maximum atomic E-state index is 13.4. The fourth-order valence-electron chi connectivity index (χ4n) is 14.9. The molecule has 8 rings (SSSR count). The molecule has 16 nitrogen and oxygen atoms in total. The molecule has 0 radical (unpaired) electrons. The summed E-state index contributed by atoms with van der Waals surface area (Å²) in [6.45, 7) is 16.6. The zero-order valence-electron chi connectivity index (χ0n) is 38.3. The van der Waals surface area contributed by atoms with E-state index in [9.17, 15) is 45.6 Å². The highest BCUT2D eigenvalue weighted by atomic mass is 16.8. The van der Waals surface area contributed by atoms with E-state index >= 15 is 0 Å². The van der Waals surface area contributed by atoms with Gasteiger partial charge in [-0.1, -0.05) is 40.2 Å². The van der Waals surface area contributed by atoms with Gasteiger partial charge in [-0.2, -0.15) is 0 Å². The predicted molar refractivity (Wildman–Crippen MR) is 223 cm³/mol. The van der Waals surface area contributed by atoms with Gasteiger partial charge in [0.2, 0.25) is 0 Å². The molecule has 0 bridgehead atoms. The smallest absolute Gasteiger partial charge is 0.309 e. The number of fused-ring (bicyclic) bond motifs is 5. The summed E-state index contributed by atoms with van der Waals surface area (Å²) in [5, 5.41) is 85.8. The van der Waals surface area contributed by atoms with E-state index in [0.717, 1.165) is 56.9 Å². The van der Waals surface area contributed by atoms with E-state index in [2.05, 4.69) is 40.7 Å². The second kappa shape index (κ2) is 17.6. The number of hydrogen-bond acceptors (Lipinski definition) is 16. The van der Waals surface area contributed by atoms with E-state index < -0.39 is 104 Å². The number of rotatable bonds is 9. The first-order valence-corrected chi connectivity index (χ1v) is 23.7. The Bertz CT molecular complexity index is 1670. The summed E-state index contributed by atoms with van der Waals surface area (Å²) in [5.41, 5.74) is 0.883. The molecule has 360 valence electrons. The number of cyclic esters (lactones) is 1. The van der Waals surface area contributed by atoms with Gasteiger partial charge in [-0.05, 0) is 124 Å². The average molecular weight is 897 g/mol. The highest BCUT2D eigenvalue weighted by Crippen LogP contribution is 2.76. The maximum Gasteiger partial charge on any atom is 0.309 e. The van der Waals surface area contributed by atoms with Crippen LogP contribution in [0, 0.1) is 51.2 Å². The molecule has 0 amide bonds. The SMILES string of the molecule is CC(C)=C[C@@H]1C[C@H]([C@H]2CC[C@]3(C)[C@@H]2CC[C@@H]2[C@@]4(C)CC[C@H](O[C@@H]5O[C@H](CO)[C@H](O[C@@H]6OC[C@@H](O)[C@H](O)[C@H]6O)[C@H](O)[C@H]5O[C@@H]5O[C@@H](C)[C@H](O)[C@@H](O)[C@H]5O)C(C)(C)[C@@H]4CC[C@]23C)C(=O)O1. The highest BCUT2D eigenvalue weighted by molar-refractivity contribution is 5.75. The first-order valence-electron chi connectivity index (χ1n) is 23.7. The minimum atomic E-state index is -1.72. The summed E-state index contributed by atoms with van der Waals surface area (Å²) >= 11 is 0. The van der Waals surface area contributed by atoms with Crippen LogP contribution in [0.1, 0.15) is 113 Å². The Morgan fingerprint density at radius 2 is 1.40 bits per heavy atom. The van der Waals surface area contributed by atoms with E-state index in [-0.39, 0.29) is 46.8 Å². The average Bonchev–Trinajstić information content (AvgIpc) is 3.77. The van der Waals surface area contributed by atoms with Gasteiger partial charge in [-0.3, -0.25) is 4.79 Å². The zero-order valence-corrected chi connectivity index (χ0v) is 38.3. The molecule has 8 fully saturated rings. The molecule has 4 saturated carbocycles. The molecule has 8 aliphatic rings. The van der Waals surface area contributed by atoms with Gasteiger partial charge in [0.25, 0.3) is 0 Å². The van der Waals surface area contributed by atoms with Crippen molar-refractivity contribution >= 4 is 5.97 Å². The van der Waals surface area contributed by atoms with Crippen molar-refractivity contribution in [2.45, 2.75) is 211 Å². The number of aliphatic hydroxyl groups is 8. The summed E-state index contributed by atoms with van der Waals surface area (Å²) in [5.74, 6) is 1.39. The van der Waals surface area contributed by atoms with Gasteiger partial charge in [-0.25, -0.2) is 0 Å². The Balaban J connectivity index is 1.02. The Morgan fingerprint density at radius 1 is 0.714 bits per heavy atom. The van der Waals surface area contributed by atoms with Gasteiger partial charge < -0.3 is 74.0 Å². The van der Waals surface area contributed by atoms with E-state index in [1.54, 1.807) is 0 Å². The van der Waals surface area contributed by atoms with Crippen LogP contribution in [-0.2, 0) is 38.0 Å². The summed E-state index contributed by atoms with van der Waals surface area (Å²) in [7, 11) is 0. The van der Waals surface area contributed by atoms with Gasteiger partial charge in [-0.15, -0.1) is 0 Å². The Kier molecular flexibility index (Phi) is 13.5. The third-order valence-electron chi connectivity index (χ3n) is 18.4. The molecular weight excluding hydrogens is 821 g/mol. The van der Waals surface area contributed by atoms with Crippen LogP contribution < -0.4 is 0 Å². The molecule has 0 aromatic heterocycles. The van der Waals surface area contributed by atoms with E-state index in [0.29, 0.717) is 24.2 Å². The zero-order chi connectivity index (χ0) is 45.7. The minimum Gasteiger partial charge on any atom is -0.458 e. The third kappa shape index (κ3) is 7.98. The molecule has 0 spiro atoms. The lowest BCUT2D eigenvalue weighted by atomic mass is 9.35. The third-order valence-corrected chi connectivity index (χ3v) is 18.4. The lowest BCUT2D eigenvalue weighted by molar-refractivity contribution is -0.391. The Labute approximate surface area is 371 Å². The van der Waals surface area contributed by atoms with Gasteiger partial charge in [0.15, 0.2) is 18.9 Å². The van der Waals surface area contributed by atoms with Crippen molar-refractivity contribution in [2.75, 3.05) is 13.2 Å². The van der Waals surface area contributed by atoms with Gasteiger partial charge >= 0.3 is 5.97 Å². The fraction of sp³-hybridized carbons (Fsp3) is 0.936. The van der Waals surface area contributed by atoms with Crippen molar-refractivity contribution in [3.05, 3.63) is 11.6 Å².